The molecule has 1 aromatic rings. The molecule has 1 aromatic heterocycles. The van der Waals surface area contributed by atoms with Crippen molar-refractivity contribution in [3.05, 3.63) is 24.2 Å². The normalized spacial score (nSPS) is 21.2. The van der Waals surface area contributed by atoms with Gasteiger partial charge >= 0.3 is 0 Å². The number of ether oxygens (including phenoxy) is 1. The summed E-state index contributed by atoms with van der Waals surface area (Å²) >= 11 is 0. The molecule has 1 fully saturated rings. The Morgan fingerprint density at radius 1 is 1.61 bits per heavy atom. The number of likely N-dealkylation sites (N-methyl/N-ethyl adjacent to an activating group) is 1. The van der Waals surface area contributed by atoms with Gasteiger partial charge in [-0.3, -0.25) is 9.69 Å². The number of carbonyl (C=O) groups excluding carboxylic acids is 1. The molecule has 1 saturated heterocycles. The largest absolute Gasteiger partial charge is 0.468 e. The topological polar surface area (TPSA) is 54.7 Å². The Balaban J connectivity index is 1.88. The summed E-state index contributed by atoms with van der Waals surface area (Å²) in [6, 6.07) is 3.82. The maximum absolute atomic E-state index is 11.9. The highest BCUT2D eigenvalue weighted by Gasteiger charge is 2.25. The zero-order valence-electron chi connectivity index (χ0n) is 10.9. The highest BCUT2D eigenvalue weighted by atomic mass is 16.5. The Kier molecular flexibility index (Phi) is 4.38. The summed E-state index contributed by atoms with van der Waals surface area (Å²) in [7, 11) is 3.93. The van der Waals surface area contributed by atoms with Gasteiger partial charge in [0.15, 0.2) is 0 Å². The second-order valence-corrected chi connectivity index (χ2v) is 4.74. The van der Waals surface area contributed by atoms with E-state index in [2.05, 4.69) is 5.32 Å². The van der Waals surface area contributed by atoms with E-state index in [9.17, 15) is 4.79 Å². The fraction of sp³-hybridized carbons (Fsp3) is 0.615. The van der Waals surface area contributed by atoms with Gasteiger partial charge in [-0.2, -0.15) is 0 Å². The van der Waals surface area contributed by atoms with Crippen molar-refractivity contribution >= 4 is 5.91 Å². The van der Waals surface area contributed by atoms with E-state index in [4.69, 9.17) is 9.15 Å². The van der Waals surface area contributed by atoms with Gasteiger partial charge < -0.3 is 14.5 Å². The molecule has 0 aliphatic carbocycles. The molecule has 2 atom stereocenters. The second-order valence-electron chi connectivity index (χ2n) is 4.74. The van der Waals surface area contributed by atoms with Crippen molar-refractivity contribution in [2.24, 2.45) is 0 Å². The van der Waals surface area contributed by atoms with Crippen molar-refractivity contribution < 1.29 is 13.9 Å². The van der Waals surface area contributed by atoms with E-state index in [-0.39, 0.29) is 18.1 Å². The molecule has 2 unspecified atom stereocenters. The van der Waals surface area contributed by atoms with Crippen LogP contribution in [0.3, 0.4) is 0 Å². The third-order valence-corrected chi connectivity index (χ3v) is 3.19. The van der Waals surface area contributed by atoms with Gasteiger partial charge in [0.25, 0.3) is 0 Å². The first kappa shape index (κ1) is 13.1. The van der Waals surface area contributed by atoms with Gasteiger partial charge in [-0.1, -0.05) is 0 Å². The van der Waals surface area contributed by atoms with Crippen LogP contribution in [-0.2, 0) is 9.53 Å². The van der Waals surface area contributed by atoms with Crippen LogP contribution in [0.2, 0.25) is 0 Å². The molecule has 0 spiro atoms. The predicted octanol–water partition coefficient (Wildman–Crippen LogP) is 1.18. The number of hydrogen-bond donors (Lipinski definition) is 1. The van der Waals surface area contributed by atoms with Crippen molar-refractivity contribution in [2.75, 3.05) is 27.2 Å². The summed E-state index contributed by atoms with van der Waals surface area (Å²) in [6.07, 6.45) is 3.16. The van der Waals surface area contributed by atoms with E-state index in [1.54, 1.807) is 6.26 Å². The second kappa shape index (κ2) is 6.02. The minimum atomic E-state index is -0.274. The summed E-state index contributed by atoms with van der Waals surface area (Å²) in [5, 5.41) is 2.93. The molecule has 18 heavy (non-hydrogen) atoms. The fourth-order valence-corrected chi connectivity index (χ4v) is 2.11. The number of amides is 1. The molecule has 0 saturated carbocycles. The van der Waals surface area contributed by atoms with Gasteiger partial charge in [-0.05, 0) is 39.1 Å². The zero-order valence-corrected chi connectivity index (χ0v) is 10.9. The fourth-order valence-electron chi connectivity index (χ4n) is 2.11. The third-order valence-electron chi connectivity index (χ3n) is 3.19. The lowest BCUT2D eigenvalue weighted by Crippen LogP contribution is -2.39. The van der Waals surface area contributed by atoms with Crippen LogP contribution in [0, 0.1) is 0 Å². The smallest absolute Gasteiger partial charge is 0.249 e. The number of hydrogen-bond acceptors (Lipinski definition) is 4. The quantitative estimate of drug-likeness (QED) is 0.855. The average molecular weight is 252 g/mol. The monoisotopic (exact) mass is 252 g/mol. The van der Waals surface area contributed by atoms with Crippen LogP contribution >= 0.6 is 0 Å². The van der Waals surface area contributed by atoms with Gasteiger partial charge in [0.2, 0.25) is 5.91 Å². The van der Waals surface area contributed by atoms with E-state index in [0.717, 1.165) is 18.6 Å². The van der Waals surface area contributed by atoms with Crippen LogP contribution in [0.5, 0.6) is 0 Å². The van der Waals surface area contributed by atoms with Gasteiger partial charge in [-0.25, -0.2) is 0 Å². The van der Waals surface area contributed by atoms with Crippen molar-refractivity contribution in [3.8, 4) is 0 Å². The molecule has 0 aromatic carbocycles. The molecule has 5 nitrogen and oxygen atoms in total. The highest BCUT2D eigenvalue weighted by molar-refractivity contribution is 5.80. The van der Waals surface area contributed by atoms with Crippen LogP contribution in [-0.4, -0.2) is 44.2 Å². The zero-order chi connectivity index (χ0) is 13.0. The Hall–Kier alpha value is -1.33. The first-order chi connectivity index (χ1) is 8.68. The van der Waals surface area contributed by atoms with Crippen LogP contribution < -0.4 is 5.32 Å². The van der Waals surface area contributed by atoms with E-state index < -0.39 is 0 Å². The van der Waals surface area contributed by atoms with Crippen LogP contribution in [0.15, 0.2) is 22.8 Å². The standard InChI is InChI=1S/C13H20N2O3/c1-15(2)10(11-5-3-7-17-11)9-14-13(16)12-6-4-8-18-12/h3,5,7,10,12H,4,6,8-9H2,1-2H3,(H,14,16). The van der Waals surface area contributed by atoms with Crippen LogP contribution in [0.25, 0.3) is 0 Å². The number of rotatable bonds is 5. The molecule has 5 heteroatoms. The number of carbonyl (C=O) groups is 1. The number of nitrogens with zero attached hydrogens (tertiary/aromatic N) is 1. The SMILES string of the molecule is CN(C)C(CNC(=O)C1CCCO1)c1ccco1. The molecule has 0 bridgehead atoms. The van der Waals surface area contributed by atoms with Crippen molar-refractivity contribution in [2.45, 2.75) is 25.0 Å². The van der Waals surface area contributed by atoms with E-state index in [1.807, 2.05) is 31.1 Å². The lowest BCUT2D eigenvalue weighted by molar-refractivity contribution is -0.130. The van der Waals surface area contributed by atoms with Crippen molar-refractivity contribution in [1.82, 2.24) is 10.2 Å². The van der Waals surface area contributed by atoms with Crippen LogP contribution in [0.4, 0.5) is 0 Å². The molecule has 2 rings (SSSR count). The van der Waals surface area contributed by atoms with E-state index in [0.29, 0.717) is 13.2 Å². The molecule has 0 radical (unpaired) electrons. The number of nitrogens with one attached hydrogen (secondary N) is 1. The maximum atomic E-state index is 11.9. The molecule has 1 aliphatic heterocycles. The Labute approximate surface area is 107 Å². The molecule has 1 N–H and O–H groups in total. The van der Waals surface area contributed by atoms with E-state index >= 15 is 0 Å². The van der Waals surface area contributed by atoms with Gasteiger partial charge in [-0.15, -0.1) is 0 Å². The van der Waals surface area contributed by atoms with Gasteiger partial charge in [0, 0.05) is 13.2 Å². The Morgan fingerprint density at radius 2 is 2.44 bits per heavy atom. The summed E-state index contributed by atoms with van der Waals surface area (Å²) in [4.78, 5) is 13.9. The van der Waals surface area contributed by atoms with Crippen molar-refractivity contribution in [1.29, 1.82) is 0 Å². The summed E-state index contributed by atoms with van der Waals surface area (Å²) in [6.45, 7) is 1.21. The molecule has 1 aliphatic rings. The van der Waals surface area contributed by atoms with Crippen molar-refractivity contribution in [3.63, 3.8) is 0 Å². The molecule has 2 heterocycles. The predicted molar refractivity (Wildman–Crippen MR) is 67.1 cm³/mol. The maximum Gasteiger partial charge on any atom is 0.249 e. The molecular formula is C13H20N2O3. The van der Waals surface area contributed by atoms with Crippen LogP contribution in [0.1, 0.15) is 24.6 Å². The molecular weight excluding hydrogens is 232 g/mol. The van der Waals surface area contributed by atoms with Gasteiger partial charge in [0.05, 0.1) is 12.3 Å². The molecule has 100 valence electrons. The highest BCUT2D eigenvalue weighted by Crippen LogP contribution is 2.18. The lowest BCUT2D eigenvalue weighted by Gasteiger charge is -2.23. The Morgan fingerprint density at radius 3 is 3.00 bits per heavy atom. The minimum Gasteiger partial charge on any atom is -0.468 e. The summed E-state index contributed by atoms with van der Waals surface area (Å²) in [5.74, 6) is 0.832. The first-order valence-electron chi connectivity index (χ1n) is 6.27. The van der Waals surface area contributed by atoms with Gasteiger partial charge in [0.1, 0.15) is 11.9 Å². The summed E-state index contributed by atoms with van der Waals surface area (Å²) < 4.78 is 10.7. The summed E-state index contributed by atoms with van der Waals surface area (Å²) in [5.41, 5.74) is 0. The van der Waals surface area contributed by atoms with E-state index in [1.165, 1.54) is 0 Å². The lowest BCUT2D eigenvalue weighted by atomic mass is 10.2. The minimum absolute atomic E-state index is 0.0223. The number of furan rings is 1. The first-order valence-corrected chi connectivity index (χ1v) is 6.27. The Bertz CT molecular complexity index is 370. The third kappa shape index (κ3) is 3.11. The molecule has 1 amide bonds. The average Bonchev–Trinajstić information content (AvgIpc) is 3.01.